The molecule has 1 aromatic carbocycles. The molecule has 0 fully saturated rings. The molecule has 0 spiro atoms. The van der Waals surface area contributed by atoms with Crippen LogP contribution < -0.4 is 5.56 Å². The Morgan fingerprint density at radius 1 is 1.19 bits per heavy atom. The standard InChI is InChI=1S/C16H14N2O2S/c19-14(12-5-2-1-3-6-12)7-4-9-18-11-17-15-13(16(18)20)8-10-21-15/h1-3,5-6,8,10-11H,4,7,9H2. The summed E-state index contributed by atoms with van der Waals surface area (Å²) in [5.41, 5.74) is 0.685. The number of Topliss-reactive ketones (excluding diaryl/α,β-unsaturated/α-hetero) is 1. The zero-order valence-electron chi connectivity index (χ0n) is 11.4. The van der Waals surface area contributed by atoms with Gasteiger partial charge in [-0.05, 0) is 17.9 Å². The summed E-state index contributed by atoms with van der Waals surface area (Å²) < 4.78 is 1.58. The van der Waals surface area contributed by atoms with Crippen molar-refractivity contribution in [1.82, 2.24) is 9.55 Å². The second kappa shape index (κ2) is 6.01. The number of thiophene rings is 1. The number of ketones is 1. The number of nitrogens with zero attached hydrogens (tertiary/aromatic N) is 2. The lowest BCUT2D eigenvalue weighted by atomic mass is 10.1. The van der Waals surface area contributed by atoms with Crippen LogP contribution in [0.15, 0.2) is 52.9 Å². The molecule has 0 aliphatic heterocycles. The summed E-state index contributed by atoms with van der Waals surface area (Å²) in [4.78, 5) is 29.2. The molecular weight excluding hydrogens is 284 g/mol. The molecule has 21 heavy (non-hydrogen) atoms. The van der Waals surface area contributed by atoms with E-state index >= 15 is 0 Å². The Hall–Kier alpha value is -2.27. The minimum atomic E-state index is -0.0339. The number of aryl methyl sites for hydroxylation is 1. The monoisotopic (exact) mass is 298 g/mol. The maximum atomic E-state index is 12.2. The SMILES string of the molecule is O=C(CCCn1cnc2sccc2c1=O)c1ccccc1. The van der Waals surface area contributed by atoms with Gasteiger partial charge in [-0.2, -0.15) is 0 Å². The third-order valence-electron chi connectivity index (χ3n) is 3.35. The van der Waals surface area contributed by atoms with Crippen molar-refractivity contribution in [3.8, 4) is 0 Å². The Bertz CT molecular complexity index is 821. The Kier molecular flexibility index (Phi) is 3.92. The molecule has 2 aromatic heterocycles. The van der Waals surface area contributed by atoms with E-state index < -0.39 is 0 Å². The third-order valence-corrected chi connectivity index (χ3v) is 4.17. The Morgan fingerprint density at radius 2 is 2.00 bits per heavy atom. The summed E-state index contributed by atoms with van der Waals surface area (Å²) in [6.45, 7) is 0.510. The van der Waals surface area contributed by atoms with Gasteiger partial charge in [-0.3, -0.25) is 14.2 Å². The summed E-state index contributed by atoms with van der Waals surface area (Å²) in [5.74, 6) is 0.105. The van der Waals surface area contributed by atoms with E-state index in [1.165, 1.54) is 11.3 Å². The van der Waals surface area contributed by atoms with E-state index in [-0.39, 0.29) is 11.3 Å². The van der Waals surface area contributed by atoms with Crippen LogP contribution in [0.1, 0.15) is 23.2 Å². The molecule has 0 unspecified atom stereocenters. The van der Waals surface area contributed by atoms with Gasteiger partial charge in [0.05, 0.1) is 11.7 Å². The van der Waals surface area contributed by atoms with Crippen LogP contribution in [0.3, 0.4) is 0 Å². The van der Waals surface area contributed by atoms with Crippen LogP contribution in [0.25, 0.3) is 10.2 Å². The Morgan fingerprint density at radius 3 is 2.81 bits per heavy atom. The molecule has 0 bridgehead atoms. The van der Waals surface area contributed by atoms with Crippen molar-refractivity contribution in [2.75, 3.05) is 0 Å². The molecule has 0 saturated carbocycles. The van der Waals surface area contributed by atoms with Crippen LogP contribution in [0.4, 0.5) is 0 Å². The highest BCUT2D eigenvalue weighted by atomic mass is 32.1. The van der Waals surface area contributed by atoms with Gasteiger partial charge in [0.15, 0.2) is 5.78 Å². The van der Waals surface area contributed by atoms with E-state index in [9.17, 15) is 9.59 Å². The van der Waals surface area contributed by atoms with Crippen molar-refractivity contribution in [3.05, 3.63) is 64.0 Å². The van der Waals surface area contributed by atoms with Crippen molar-refractivity contribution in [3.63, 3.8) is 0 Å². The fourth-order valence-corrected chi connectivity index (χ4v) is 2.95. The number of hydrogen-bond acceptors (Lipinski definition) is 4. The molecule has 2 heterocycles. The van der Waals surface area contributed by atoms with Crippen molar-refractivity contribution in [2.45, 2.75) is 19.4 Å². The van der Waals surface area contributed by atoms with Gasteiger partial charge in [-0.1, -0.05) is 30.3 Å². The number of carbonyl (C=O) groups is 1. The summed E-state index contributed by atoms with van der Waals surface area (Å²) in [6.07, 6.45) is 2.62. The number of carbonyl (C=O) groups excluding carboxylic acids is 1. The van der Waals surface area contributed by atoms with Gasteiger partial charge in [0.2, 0.25) is 0 Å². The van der Waals surface area contributed by atoms with Crippen LogP contribution in [0, 0.1) is 0 Å². The highest BCUT2D eigenvalue weighted by Gasteiger charge is 2.07. The van der Waals surface area contributed by atoms with Gasteiger partial charge in [-0.25, -0.2) is 4.98 Å². The van der Waals surface area contributed by atoms with Gasteiger partial charge in [0, 0.05) is 18.5 Å². The smallest absolute Gasteiger partial charge is 0.262 e. The average Bonchev–Trinajstić information content (AvgIpc) is 3.00. The first-order valence-corrected chi connectivity index (χ1v) is 7.64. The fraction of sp³-hybridized carbons (Fsp3) is 0.188. The molecule has 5 heteroatoms. The normalized spacial score (nSPS) is 10.9. The van der Waals surface area contributed by atoms with Crippen molar-refractivity contribution in [1.29, 1.82) is 0 Å². The number of aromatic nitrogens is 2. The van der Waals surface area contributed by atoms with Gasteiger partial charge in [0.1, 0.15) is 4.83 Å². The summed E-state index contributed by atoms with van der Waals surface area (Å²) in [6, 6.07) is 11.0. The van der Waals surface area contributed by atoms with Crippen LogP contribution in [-0.4, -0.2) is 15.3 Å². The fourth-order valence-electron chi connectivity index (χ4n) is 2.23. The van der Waals surface area contributed by atoms with E-state index in [0.717, 1.165) is 10.4 Å². The molecule has 4 nitrogen and oxygen atoms in total. The molecule has 0 aliphatic carbocycles. The zero-order chi connectivity index (χ0) is 14.7. The second-order valence-electron chi connectivity index (χ2n) is 4.78. The van der Waals surface area contributed by atoms with Crippen LogP contribution in [-0.2, 0) is 6.54 Å². The molecule has 0 saturated heterocycles. The lowest BCUT2D eigenvalue weighted by Gasteiger charge is -2.05. The Balaban J connectivity index is 1.66. The highest BCUT2D eigenvalue weighted by Crippen LogP contribution is 2.13. The average molecular weight is 298 g/mol. The van der Waals surface area contributed by atoms with Crippen LogP contribution >= 0.6 is 11.3 Å². The maximum absolute atomic E-state index is 12.2. The molecule has 3 rings (SSSR count). The van der Waals surface area contributed by atoms with E-state index in [0.29, 0.717) is 24.8 Å². The first-order chi connectivity index (χ1) is 10.3. The molecule has 3 aromatic rings. The van der Waals surface area contributed by atoms with Gasteiger partial charge >= 0.3 is 0 Å². The van der Waals surface area contributed by atoms with Gasteiger partial charge in [0.25, 0.3) is 5.56 Å². The highest BCUT2D eigenvalue weighted by molar-refractivity contribution is 7.16. The molecule has 0 atom stereocenters. The van der Waals surface area contributed by atoms with Crippen molar-refractivity contribution >= 4 is 27.3 Å². The van der Waals surface area contributed by atoms with Gasteiger partial charge < -0.3 is 0 Å². The van der Waals surface area contributed by atoms with E-state index in [1.807, 2.05) is 35.7 Å². The molecule has 0 N–H and O–H groups in total. The number of rotatable bonds is 5. The third kappa shape index (κ3) is 2.92. The maximum Gasteiger partial charge on any atom is 0.262 e. The quantitative estimate of drug-likeness (QED) is 0.680. The molecule has 106 valence electrons. The van der Waals surface area contributed by atoms with E-state index in [1.54, 1.807) is 17.0 Å². The molecule has 0 radical (unpaired) electrons. The first kappa shape index (κ1) is 13.7. The largest absolute Gasteiger partial charge is 0.299 e. The minimum absolute atomic E-state index is 0.0339. The second-order valence-corrected chi connectivity index (χ2v) is 5.67. The number of fused-ring (bicyclic) bond motifs is 1. The summed E-state index contributed by atoms with van der Waals surface area (Å²) in [7, 11) is 0. The Labute approximate surface area is 125 Å². The summed E-state index contributed by atoms with van der Waals surface area (Å²) >= 11 is 1.46. The van der Waals surface area contributed by atoms with Crippen molar-refractivity contribution < 1.29 is 4.79 Å². The topological polar surface area (TPSA) is 52.0 Å². The van der Waals surface area contributed by atoms with Crippen LogP contribution in [0.2, 0.25) is 0 Å². The predicted molar refractivity (Wildman–Crippen MR) is 83.9 cm³/mol. The first-order valence-electron chi connectivity index (χ1n) is 6.76. The lowest BCUT2D eigenvalue weighted by Crippen LogP contribution is -2.20. The van der Waals surface area contributed by atoms with Crippen LogP contribution in [0.5, 0.6) is 0 Å². The van der Waals surface area contributed by atoms with Crippen molar-refractivity contribution in [2.24, 2.45) is 0 Å². The lowest BCUT2D eigenvalue weighted by molar-refractivity contribution is 0.0978. The summed E-state index contributed by atoms with van der Waals surface area (Å²) in [5, 5.41) is 2.51. The predicted octanol–water partition coefficient (Wildman–Crippen LogP) is 3.12. The van der Waals surface area contributed by atoms with Gasteiger partial charge in [-0.15, -0.1) is 11.3 Å². The zero-order valence-corrected chi connectivity index (χ0v) is 12.2. The minimum Gasteiger partial charge on any atom is -0.299 e. The molecule has 0 amide bonds. The molecule has 0 aliphatic rings. The van der Waals surface area contributed by atoms with E-state index in [4.69, 9.17) is 0 Å². The molecular formula is C16H14N2O2S. The van der Waals surface area contributed by atoms with E-state index in [2.05, 4.69) is 4.98 Å². The number of hydrogen-bond donors (Lipinski definition) is 0. The number of benzene rings is 1.